The standard InChI is InChI=1S/C23H25Cl2N5O2/c1-3-32-20-14-17(7-8-18(20)24)28-10-12-29(13-11-28)21(31)15-30-16(2)22(25)23(27-30)19-6-4-5-9-26-19/h4-9,14H,3,10-13,15H2,1-2H3. The maximum absolute atomic E-state index is 13.0. The van der Waals surface area contributed by atoms with E-state index in [4.69, 9.17) is 27.9 Å². The van der Waals surface area contributed by atoms with Crippen LogP contribution in [0.3, 0.4) is 0 Å². The summed E-state index contributed by atoms with van der Waals surface area (Å²) in [6.45, 7) is 7.23. The van der Waals surface area contributed by atoms with Crippen LogP contribution < -0.4 is 9.64 Å². The molecular formula is C23H25Cl2N5O2. The van der Waals surface area contributed by atoms with E-state index in [9.17, 15) is 4.79 Å². The van der Waals surface area contributed by atoms with Crippen LogP contribution in [-0.2, 0) is 11.3 Å². The molecule has 1 aromatic carbocycles. The zero-order chi connectivity index (χ0) is 22.7. The van der Waals surface area contributed by atoms with Crippen LogP contribution in [0.5, 0.6) is 5.75 Å². The van der Waals surface area contributed by atoms with Gasteiger partial charge in [0.2, 0.25) is 5.91 Å². The lowest BCUT2D eigenvalue weighted by Crippen LogP contribution is -2.49. The molecule has 0 atom stereocenters. The fraction of sp³-hybridized carbons (Fsp3) is 0.348. The molecule has 0 aliphatic carbocycles. The van der Waals surface area contributed by atoms with E-state index >= 15 is 0 Å². The lowest BCUT2D eigenvalue weighted by Gasteiger charge is -2.36. The zero-order valence-electron chi connectivity index (χ0n) is 18.1. The lowest BCUT2D eigenvalue weighted by atomic mass is 10.2. The summed E-state index contributed by atoms with van der Waals surface area (Å²) >= 11 is 12.7. The Labute approximate surface area is 197 Å². The Bertz CT molecular complexity index is 1100. The van der Waals surface area contributed by atoms with Crippen molar-refractivity contribution in [3.63, 3.8) is 0 Å². The maximum atomic E-state index is 13.0. The molecule has 0 spiro atoms. The number of carbonyl (C=O) groups is 1. The van der Waals surface area contributed by atoms with Crippen molar-refractivity contribution in [1.29, 1.82) is 0 Å². The van der Waals surface area contributed by atoms with Gasteiger partial charge in [0.15, 0.2) is 0 Å². The Morgan fingerprint density at radius 2 is 1.91 bits per heavy atom. The summed E-state index contributed by atoms with van der Waals surface area (Å²) in [5, 5.41) is 5.67. The van der Waals surface area contributed by atoms with Crippen molar-refractivity contribution < 1.29 is 9.53 Å². The summed E-state index contributed by atoms with van der Waals surface area (Å²) in [7, 11) is 0. The molecule has 0 bridgehead atoms. The van der Waals surface area contributed by atoms with Gasteiger partial charge in [-0.05, 0) is 38.1 Å². The molecule has 168 valence electrons. The number of benzene rings is 1. The Balaban J connectivity index is 1.40. The first-order chi connectivity index (χ1) is 15.5. The van der Waals surface area contributed by atoms with Crippen molar-refractivity contribution in [3.8, 4) is 17.1 Å². The number of aromatic nitrogens is 3. The van der Waals surface area contributed by atoms with Crippen LogP contribution >= 0.6 is 23.2 Å². The number of anilines is 1. The van der Waals surface area contributed by atoms with E-state index in [1.165, 1.54) is 0 Å². The Hall–Kier alpha value is -2.77. The molecule has 3 aromatic rings. The number of pyridine rings is 1. The van der Waals surface area contributed by atoms with Crippen LogP contribution in [0.25, 0.3) is 11.4 Å². The summed E-state index contributed by atoms with van der Waals surface area (Å²) in [5.74, 6) is 0.700. The molecule has 1 saturated heterocycles. The first-order valence-corrected chi connectivity index (χ1v) is 11.3. The average Bonchev–Trinajstić information content (AvgIpc) is 3.10. The second kappa shape index (κ2) is 9.79. The number of nitrogens with zero attached hydrogens (tertiary/aromatic N) is 5. The average molecular weight is 474 g/mol. The number of rotatable bonds is 6. The minimum atomic E-state index is 0.0191. The van der Waals surface area contributed by atoms with Crippen molar-refractivity contribution in [3.05, 3.63) is 58.3 Å². The normalized spacial score (nSPS) is 14.0. The third kappa shape index (κ3) is 4.69. The quantitative estimate of drug-likeness (QED) is 0.533. The number of hydrogen-bond acceptors (Lipinski definition) is 5. The van der Waals surface area contributed by atoms with Gasteiger partial charge in [-0.1, -0.05) is 29.3 Å². The molecule has 0 radical (unpaired) electrons. The number of hydrogen-bond donors (Lipinski definition) is 0. The van der Waals surface area contributed by atoms with Gasteiger partial charge in [0.05, 0.1) is 28.0 Å². The van der Waals surface area contributed by atoms with E-state index in [0.29, 0.717) is 46.9 Å². The molecular weight excluding hydrogens is 449 g/mol. The van der Waals surface area contributed by atoms with E-state index in [1.807, 2.05) is 55.1 Å². The number of carbonyl (C=O) groups excluding carboxylic acids is 1. The van der Waals surface area contributed by atoms with Gasteiger partial charge in [-0.25, -0.2) is 0 Å². The van der Waals surface area contributed by atoms with Gasteiger partial charge in [-0.2, -0.15) is 5.10 Å². The first-order valence-electron chi connectivity index (χ1n) is 10.6. The molecule has 0 unspecified atom stereocenters. The molecule has 0 N–H and O–H groups in total. The summed E-state index contributed by atoms with van der Waals surface area (Å²) < 4.78 is 7.26. The third-order valence-electron chi connectivity index (χ3n) is 5.54. The zero-order valence-corrected chi connectivity index (χ0v) is 19.6. The highest BCUT2D eigenvalue weighted by molar-refractivity contribution is 6.33. The summed E-state index contributed by atoms with van der Waals surface area (Å²) in [4.78, 5) is 21.4. The molecule has 9 heteroatoms. The van der Waals surface area contributed by atoms with Gasteiger partial charge in [0, 0.05) is 44.1 Å². The van der Waals surface area contributed by atoms with Crippen LogP contribution in [0.15, 0.2) is 42.6 Å². The molecule has 4 rings (SSSR count). The first kappa shape index (κ1) is 22.4. The molecule has 1 aliphatic heterocycles. The molecule has 1 aliphatic rings. The summed E-state index contributed by atoms with van der Waals surface area (Å²) in [6, 6.07) is 11.4. The topological polar surface area (TPSA) is 63.5 Å². The van der Waals surface area contributed by atoms with Crippen molar-refractivity contribution in [1.82, 2.24) is 19.7 Å². The smallest absolute Gasteiger partial charge is 0.244 e. The van der Waals surface area contributed by atoms with E-state index in [-0.39, 0.29) is 12.5 Å². The van der Waals surface area contributed by atoms with E-state index in [2.05, 4.69) is 15.0 Å². The molecule has 0 saturated carbocycles. The highest BCUT2D eigenvalue weighted by Gasteiger charge is 2.24. The van der Waals surface area contributed by atoms with Gasteiger partial charge >= 0.3 is 0 Å². The van der Waals surface area contributed by atoms with Gasteiger partial charge < -0.3 is 14.5 Å². The van der Waals surface area contributed by atoms with Crippen LogP contribution in [0.1, 0.15) is 12.6 Å². The monoisotopic (exact) mass is 473 g/mol. The fourth-order valence-corrected chi connectivity index (χ4v) is 4.15. The van der Waals surface area contributed by atoms with Gasteiger partial charge in [-0.3, -0.25) is 14.5 Å². The number of piperazine rings is 1. The molecule has 7 nitrogen and oxygen atoms in total. The number of halogens is 2. The third-order valence-corrected chi connectivity index (χ3v) is 6.30. The van der Waals surface area contributed by atoms with Crippen LogP contribution in [0, 0.1) is 6.92 Å². The van der Waals surface area contributed by atoms with Crippen LogP contribution in [0.2, 0.25) is 10.0 Å². The van der Waals surface area contributed by atoms with Crippen molar-refractivity contribution >= 4 is 34.8 Å². The van der Waals surface area contributed by atoms with E-state index in [1.54, 1.807) is 10.9 Å². The molecule has 2 aromatic heterocycles. The van der Waals surface area contributed by atoms with E-state index < -0.39 is 0 Å². The largest absolute Gasteiger partial charge is 0.492 e. The number of amides is 1. The van der Waals surface area contributed by atoms with Crippen molar-refractivity contribution in [2.75, 3.05) is 37.7 Å². The maximum Gasteiger partial charge on any atom is 0.244 e. The van der Waals surface area contributed by atoms with Crippen LogP contribution in [-0.4, -0.2) is 58.4 Å². The van der Waals surface area contributed by atoms with Gasteiger partial charge in [-0.15, -0.1) is 0 Å². The Kier molecular flexibility index (Phi) is 6.86. The van der Waals surface area contributed by atoms with Crippen LogP contribution in [0.4, 0.5) is 5.69 Å². The summed E-state index contributed by atoms with van der Waals surface area (Å²) in [5.41, 5.74) is 3.08. The minimum absolute atomic E-state index is 0.0191. The molecule has 32 heavy (non-hydrogen) atoms. The highest BCUT2D eigenvalue weighted by Crippen LogP contribution is 2.31. The summed E-state index contributed by atoms with van der Waals surface area (Å²) in [6.07, 6.45) is 1.70. The van der Waals surface area contributed by atoms with Crippen molar-refractivity contribution in [2.45, 2.75) is 20.4 Å². The molecule has 1 fully saturated rings. The predicted octanol–water partition coefficient (Wildman–Crippen LogP) is 4.31. The van der Waals surface area contributed by atoms with Gasteiger partial charge in [0.1, 0.15) is 18.0 Å². The minimum Gasteiger partial charge on any atom is -0.492 e. The highest BCUT2D eigenvalue weighted by atomic mass is 35.5. The lowest BCUT2D eigenvalue weighted by molar-refractivity contribution is -0.132. The number of ether oxygens (including phenoxy) is 1. The SMILES string of the molecule is CCOc1cc(N2CCN(C(=O)Cn3nc(-c4ccccn4)c(Cl)c3C)CC2)ccc1Cl. The Morgan fingerprint density at radius 1 is 1.12 bits per heavy atom. The fourth-order valence-electron chi connectivity index (χ4n) is 3.74. The molecule has 3 heterocycles. The van der Waals surface area contributed by atoms with E-state index in [0.717, 1.165) is 24.5 Å². The second-order valence-electron chi connectivity index (χ2n) is 7.54. The second-order valence-corrected chi connectivity index (χ2v) is 8.32. The Morgan fingerprint density at radius 3 is 2.59 bits per heavy atom. The predicted molar refractivity (Wildman–Crippen MR) is 127 cm³/mol. The molecule has 1 amide bonds. The van der Waals surface area contributed by atoms with Gasteiger partial charge in [0.25, 0.3) is 0 Å². The van der Waals surface area contributed by atoms with Crippen molar-refractivity contribution in [2.24, 2.45) is 0 Å².